The first-order valence-electron chi connectivity index (χ1n) is 7.94. The summed E-state index contributed by atoms with van der Waals surface area (Å²) < 4.78 is 1.31. The maximum Gasteiger partial charge on any atom is 0.312 e. The normalized spacial score (nSPS) is 10.5. The van der Waals surface area contributed by atoms with Crippen molar-refractivity contribution in [2.45, 2.75) is 33.7 Å². The summed E-state index contributed by atoms with van der Waals surface area (Å²) >= 11 is 0. The van der Waals surface area contributed by atoms with Crippen molar-refractivity contribution in [3.05, 3.63) is 59.4 Å². The van der Waals surface area contributed by atoms with Gasteiger partial charge in [-0.2, -0.15) is 5.10 Å². The quantitative estimate of drug-likeness (QED) is 0.552. The van der Waals surface area contributed by atoms with Gasteiger partial charge in [0, 0.05) is 18.6 Å². The van der Waals surface area contributed by atoms with Crippen molar-refractivity contribution in [2.24, 2.45) is 0 Å². The lowest BCUT2D eigenvalue weighted by atomic mass is 10.1. The maximum absolute atomic E-state index is 12.1. The highest BCUT2D eigenvalue weighted by Gasteiger charge is 2.24. The van der Waals surface area contributed by atoms with Gasteiger partial charge in [0.1, 0.15) is 17.0 Å². The number of nitrogens with one attached hydrogen (secondary N) is 1. The van der Waals surface area contributed by atoms with Crippen LogP contribution < -0.4 is 5.32 Å². The molecule has 0 spiro atoms. The zero-order valence-electron chi connectivity index (χ0n) is 15.2. The van der Waals surface area contributed by atoms with Gasteiger partial charge in [0.05, 0.1) is 27.0 Å². The van der Waals surface area contributed by atoms with E-state index in [-0.39, 0.29) is 41.3 Å². The van der Waals surface area contributed by atoms with Crippen molar-refractivity contribution < 1.29 is 19.6 Å². The van der Waals surface area contributed by atoms with Crippen LogP contribution in [0.15, 0.2) is 12.1 Å². The zero-order chi connectivity index (χ0) is 21.2. The van der Waals surface area contributed by atoms with Crippen molar-refractivity contribution in [3.8, 4) is 0 Å². The number of nitro benzene ring substituents is 2. The van der Waals surface area contributed by atoms with E-state index in [1.54, 1.807) is 0 Å². The number of rotatable bonds is 7. The molecular formula is C15H16N6O7. The van der Waals surface area contributed by atoms with Gasteiger partial charge in [-0.25, -0.2) is 0 Å². The molecule has 1 aromatic heterocycles. The number of amides is 1. The monoisotopic (exact) mass is 392 g/mol. The van der Waals surface area contributed by atoms with E-state index in [0.29, 0.717) is 0 Å². The van der Waals surface area contributed by atoms with E-state index in [4.69, 9.17) is 0 Å². The number of anilines is 1. The van der Waals surface area contributed by atoms with Crippen LogP contribution in [-0.4, -0.2) is 30.5 Å². The topological polar surface area (TPSA) is 176 Å². The van der Waals surface area contributed by atoms with Crippen molar-refractivity contribution in [1.82, 2.24) is 9.78 Å². The summed E-state index contributed by atoms with van der Waals surface area (Å²) in [7, 11) is 0. The van der Waals surface area contributed by atoms with Gasteiger partial charge in [-0.05, 0) is 20.8 Å². The van der Waals surface area contributed by atoms with Crippen molar-refractivity contribution in [3.63, 3.8) is 0 Å². The first kappa shape index (κ1) is 20.4. The molecule has 0 unspecified atom stereocenters. The van der Waals surface area contributed by atoms with Crippen molar-refractivity contribution in [2.75, 3.05) is 5.32 Å². The van der Waals surface area contributed by atoms with Crippen LogP contribution in [0.1, 0.15) is 23.4 Å². The van der Waals surface area contributed by atoms with E-state index in [9.17, 15) is 35.1 Å². The Morgan fingerprint density at radius 3 is 2.00 bits per heavy atom. The number of benzene rings is 1. The summed E-state index contributed by atoms with van der Waals surface area (Å²) in [6.45, 7) is 4.26. The van der Waals surface area contributed by atoms with Crippen LogP contribution in [0.3, 0.4) is 0 Å². The average molecular weight is 392 g/mol. The molecule has 2 rings (SSSR count). The Balaban J connectivity index is 2.18. The summed E-state index contributed by atoms with van der Waals surface area (Å²) in [6, 6.07) is 2.07. The fourth-order valence-corrected chi connectivity index (χ4v) is 2.74. The van der Waals surface area contributed by atoms with Gasteiger partial charge in [0.15, 0.2) is 0 Å². The standard InChI is InChI=1S/C15H16N6O7/c1-8-12(19(23)24)6-11(7-13(8)20(25)26)16-14(22)4-5-18-10(3)15(21(27)28)9(2)17-18/h6-7H,4-5H2,1-3H3,(H,16,22). The number of carbonyl (C=O) groups excluding carboxylic acids is 1. The number of aryl methyl sites for hydroxylation is 2. The lowest BCUT2D eigenvalue weighted by molar-refractivity contribution is -0.395. The van der Waals surface area contributed by atoms with Crippen LogP contribution in [0.25, 0.3) is 0 Å². The molecule has 1 amide bonds. The molecule has 1 aromatic carbocycles. The summed E-state index contributed by atoms with van der Waals surface area (Å²) in [5.74, 6) is -0.581. The Kier molecular flexibility index (Phi) is 5.67. The zero-order valence-corrected chi connectivity index (χ0v) is 15.2. The molecule has 13 heteroatoms. The number of hydrogen-bond acceptors (Lipinski definition) is 8. The minimum absolute atomic E-state index is 0.0302. The second-order valence-electron chi connectivity index (χ2n) is 5.95. The SMILES string of the molecule is Cc1nn(CCC(=O)Nc2cc([N+](=O)[O-])c(C)c([N+](=O)[O-])c2)c(C)c1[N+](=O)[O-]. The Bertz CT molecular complexity index is 962. The van der Waals surface area contributed by atoms with Crippen molar-refractivity contribution in [1.29, 1.82) is 0 Å². The van der Waals surface area contributed by atoms with Crippen molar-refractivity contribution >= 4 is 28.7 Å². The van der Waals surface area contributed by atoms with Gasteiger partial charge in [-0.15, -0.1) is 0 Å². The lowest BCUT2D eigenvalue weighted by Crippen LogP contribution is -2.16. The molecule has 2 aromatic rings. The summed E-state index contributed by atoms with van der Waals surface area (Å²) in [4.78, 5) is 43.2. The van der Waals surface area contributed by atoms with E-state index in [1.807, 2.05) is 0 Å². The fraction of sp³-hybridized carbons (Fsp3) is 0.333. The smallest absolute Gasteiger partial charge is 0.312 e. The van der Waals surface area contributed by atoms with E-state index >= 15 is 0 Å². The Labute approximate surface area is 157 Å². The first-order valence-corrected chi connectivity index (χ1v) is 7.94. The Hall–Kier alpha value is -3.90. The third kappa shape index (κ3) is 4.08. The lowest BCUT2D eigenvalue weighted by Gasteiger charge is -2.08. The molecule has 0 fully saturated rings. The summed E-state index contributed by atoms with van der Waals surface area (Å²) in [6.07, 6.45) is -0.144. The van der Waals surface area contributed by atoms with Crippen LogP contribution in [0, 0.1) is 51.1 Å². The molecule has 0 saturated heterocycles. The number of hydrogen-bond donors (Lipinski definition) is 1. The third-order valence-electron chi connectivity index (χ3n) is 4.11. The highest BCUT2D eigenvalue weighted by Crippen LogP contribution is 2.31. The molecule has 1 heterocycles. The predicted octanol–water partition coefficient (Wildman–Crippen LogP) is 2.56. The van der Waals surface area contributed by atoms with E-state index in [1.165, 1.54) is 25.5 Å². The molecular weight excluding hydrogens is 376 g/mol. The highest BCUT2D eigenvalue weighted by molar-refractivity contribution is 5.91. The first-order chi connectivity index (χ1) is 13.0. The molecule has 28 heavy (non-hydrogen) atoms. The van der Waals surface area contributed by atoms with E-state index in [2.05, 4.69) is 10.4 Å². The highest BCUT2D eigenvalue weighted by atomic mass is 16.6. The van der Waals surface area contributed by atoms with Gasteiger partial charge in [-0.1, -0.05) is 0 Å². The second kappa shape index (κ2) is 7.77. The van der Waals surface area contributed by atoms with Gasteiger partial charge < -0.3 is 5.32 Å². The number of aromatic nitrogens is 2. The summed E-state index contributed by atoms with van der Waals surface area (Å²) in [5.41, 5.74) is -0.816. The molecule has 0 atom stereocenters. The molecule has 0 aliphatic carbocycles. The molecule has 0 aliphatic heterocycles. The molecule has 0 aliphatic rings. The van der Waals surface area contributed by atoms with E-state index in [0.717, 1.165) is 12.1 Å². The van der Waals surface area contributed by atoms with Crippen LogP contribution >= 0.6 is 0 Å². The van der Waals surface area contributed by atoms with Crippen LogP contribution in [-0.2, 0) is 11.3 Å². The van der Waals surface area contributed by atoms with E-state index < -0.39 is 32.1 Å². The minimum atomic E-state index is -0.771. The minimum Gasteiger partial charge on any atom is -0.326 e. The van der Waals surface area contributed by atoms with Gasteiger partial charge >= 0.3 is 5.69 Å². The van der Waals surface area contributed by atoms with Crippen LogP contribution in [0.4, 0.5) is 22.7 Å². The second-order valence-corrected chi connectivity index (χ2v) is 5.95. The van der Waals surface area contributed by atoms with Crippen LogP contribution in [0.5, 0.6) is 0 Å². The number of nitro groups is 3. The molecule has 1 N–H and O–H groups in total. The van der Waals surface area contributed by atoms with Gasteiger partial charge in [0.25, 0.3) is 11.4 Å². The predicted molar refractivity (Wildman–Crippen MR) is 96.1 cm³/mol. The fourth-order valence-electron chi connectivity index (χ4n) is 2.74. The third-order valence-corrected chi connectivity index (χ3v) is 4.11. The maximum atomic E-state index is 12.1. The molecule has 13 nitrogen and oxygen atoms in total. The molecule has 0 radical (unpaired) electrons. The van der Waals surface area contributed by atoms with Gasteiger partial charge in [0.2, 0.25) is 5.91 Å². The molecule has 0 saturated carbocycles. The summed E-state index contributed by atoms with van der Waals surface area (Å²) in [5, 5.41) is 39.5. The van der Waals surface area contributed by atoms with Crippen LogP contribution in [0.2, 0.25) is 0 Å². The molecule has 148 valence electrons. The number of carbonyl (C=O) groups is 1. The largest absolute Gasteiger partial charge is 0.326 e. The number of nitrogens with zero attached hydrogens (tertiary/aromatic N) is 5. The Morgan fingerprint density at radius 1 is 1.04 bits per heavy atom. The molecule has 0 bridgehead atoms. The Morgan fingerprint density at radius 2 is 1.57 bits per heavy atom. The van der Waals surface area contributed by atoms with Gasteiger partial charge in [-0.3, -0.25) is 39.8 Å². The average Bonchev–Trinajstić information content (AvgIpc) is 2.87.